The molecule has 1 aliphatic rings. The maximum Gasteiger partial charge on any atom is 0.214 e. The maximum absolute atomic E-state index is 8.66. The monoisotopic (exact) mass is 310 g/mol. The molecule has 0 radical (unpaired) electrons. The largest absolute Gasteiger partial charge is 0.409 e. The van der Waals surface area contributed by atoms with E-state index in [1.54, 1.807) is 12.1 Å². The molecule has 0 atom stereocenters. The van der Waals surface area contributed by atoms with Gasteiger partial charge in [-0.15, -0.1) is 5.10 Å². The number of benzene rings is 1. The fourth-order valence-corrected chi connectivity index (χ4v) is 2.95. The summed E-state index contributed by atoms with van der Waals surface area (Å²) in [5.74, 6) is -0.0191. The van der Waals surface area contributed by atoms with E-state index in [0.717, 1.165) is 22.9 Å². The van der Waals surface area contributed by atoms with Gasteiger partial charge in [-0.05, 0) is 53.2 Å². The van der Waals surface area contributed by atoms with Gasteiger partial charge < -0.3 is 10.9 Å². The predicted octanol–water partition coefficient (Wildman–Crippen LogP) is 1.91. The summed E-state index contributed by atoms with van der Waals surface area (Å²) in [7, 11) is 0. The molecule has 0 aliphatic heterocycles. The van der Waals surface area contributed by atoms with Crippen molar-refractivity contribution < 1.29 is 5.21 Å². The van der Waals surface area contributed by atoms with Crippen molar-refractivity contribution in [3.8, 4) is 0 Å². The lowest BCUT2D eigenvalue weighted by molar-refractivity contribution is 0.318. The minimum Gasteiger partial charge on any atom is -0.409 e. The molecule has 0 spiro atoms. The third-order valence-electron chi connectivity index (χ3n) is 2.89. The van der Waals surface area contributed by atoms with Gasteiger partial charge in [0.25, 0.3) is 0 Å². The summed E-state index contributed by atoms with van der Waals surface area (Å²) in [4.78, 5) is 0.890. The zero-order chi connectivity index (χ0) is 14.1. The molecule has 1 heterocycles. The third-order valence-corrected chi connectivity index (χ3v) is 4.14. The molecule has 0 saturated heterocycles. The molecule has 0 unspecified atom stereocenters. The van der Waals surface area contributed by atoms with Crippen molar-refractivity contribution in [2.24, 2.45) is 10.9 Å². The summed E-state index contributed by atoms with van der Waals surface area (Å²) in [5.41, 5.74) is 6.01. The van der Waals surface area contributed by atoms with Crippen LogP contribution in [0, 0.1) is 0 Å². The molecular weight excluding hydrogens is 300 g/mol. The van der Waals surface area contributed by atoms with E-state index in [9.17, 15) is 0 Å². The number of tetrazole rings is 1. The minimum atomic E-state index is -0.0191. The lowest BCUT2D eigenvalue weighted by atomic mass is 10.2. The molecule has 2 aromatic rings. The minimum absolute atomic E-state index is 0.0191. The lowest BCUT2D eigenvalue weighted by Crippen LogP contribution is -2.13. The van der Waals surface area contributed by atoms with Crippen molar-refractivity contribution in [1.82, 2.24) is 20.2 Å². The average Bonchev–Trinajstić information content (AvgIpc) is 3.19. The Morgan fingerprint density at radius 3 is 2.95 bits per heavy atom. The molecule has 20 heavy (non-hydrogen) atoms. The van der Waals surface area contributed by atoms with E-state index in [1.165, 1.54) is 11.8 Å². The zero-order valence-corrected chi connectivity index (χ0v) is 11.8. The second-order valence-electron chi connectivity index (χ2n) is 4.37. The van der Waals surface area contributed by atoms with Gasteiger partial charge in [0, 0.05) is 10.5 Å². The van der Waals surface area contributed by atoms with Crippen molar-refractivity contribution in [1.29, 1.82) is 0 Å². The summed E-state index contributed by atoms with van der Waals surface area (Å²) >= 11 is 7.54. The number of nitrogens with two attached hydrogens (primary N) is 1. The van der Waals surface area contributed by atoms with Crippen LogP contribution in [0.25, 0.3) is 0 Å². The van der Waals surface area contributed by atoms with E-state index in [4.69, 9.17) is 22.5 Å². The zero-order valence-electron chi connectivity index (χ0n) is 10.3. The highest BCUT2D eigenvalue weighted by molar-refractivity contribution is 7.99. The molecule has 1 saturated carbocycles. The highest BCUT2D eigenvalue weighted by atomic mass is 35.5. The number of amidine groups is 1. The van der Waals surface area contributed by atoms with E-state index < -0.39 is 0 Å². The van der Waals surface area contributed by atoms with Crippen LogP contribution in [0.4, 0.5) is 0 Å². The second kappa shape index (κ2) is 5.29. The molecule has 3 rings (SSSR count). The first-order valence-electron chi connectivity index (χ1n) is 5.92. The normalized spacial score (nSPS) is 15.6. The van der Waals surface area contributed by atoms with Gasteiger partial charge in [-0.25, -0.2) is 4.68 Å². The van der Waals surface area contributed by atoms with Gasteiger partial charge in [-0.2, -0.15) is 0 Å². The number of hydrogen-bond donors (Lipinski definition) is 2. The molecular formula is C11H11ClN6OS. The van der Waals surface area contributed by atoms with Crippen molar-refractivity contribution in [2.45, 2.75) is 28.9 Å². The molecule has 1 fully saturated rings. The second-order valence-corrected chi connectivity index (χ2v) is 5.81. The van der Waals surface area contributed by atoms with Gasteiger partial charge in [0.05, 0.1) is 11.1 Å². The van der Waals surface area contributed by atoms with Crippen molar-refractivity contribution >= 4 is 29.2 Å². The van der Waals surface area contributed by atoms with Crippen LogP contribution < -0.4 is 5.73 Å². The van der Waals surface area contributed by atoms with Crippen LogP contribution >= 0.6 is 23.4 Å². The van der Waals surface area contributed by atoms with Crippen LogP contribution in [-0.2, 0) is 0 Å². The first kappa shape index (κ1) is 13.2. The van der Waals surface area contributed by atoms with Crippen LogP contribution in [0.2, 0.25) is 5.02 Å². The molecule has 1 aliphatic carbocycles. The van der Waals surface area contributed by atoms with Gasteiger partial charge >= 0.3 is 0 Å². The number of rotatable bonds is 4. The molecule has 0 bridgehead atoms. The number of hydrogen-bond acceptors (Lipinski definition) is 6. The van der Waals surface area contributed by atoms with E-state index in [1.807, 2.05) is 10.7 Å². The molecule has 104 valence electrons. The van der Waals surface area contributed by atoms with Gasteiger partial charge in [0.15, 0.2) is 5.84 Å². The van der Waals surface area contributed by atoms with E-state index in [-0.39, 0.29) is 5.84 Å². The lowest BCUT2D eigenvalue weighted by Gasteiger charge is -2.05. The number of nitrogens with zero attached hydrogens (tertiary/aromatic N) is 5. The SMILES string of the molecule is NC(=NO)c1ccc(Sc2nnnn2C2CC2)cc1Cl. The fraction of sp³-hybridized carbons (Fsp3) is 0.273. The Kier molecular flexibility index (Phi) is 3.49. The van der Waals surface area contributed by atoms with Crippen LogP contribution in [0.1, 0.15) is 24.4 Å². The van der Waals surface area contributed by atoms with Crippen molar-refractivity contribution in [3.05, 3.63) is 28.8 Å². The molecule has 7 nitrogen and oxygen atoms in total. The Balaban J connectivity index is 1.84. The molecule has 1 aromatic heterocycles. The average molecular weight is 311 g/mol. The van der Waals surface area contributed by atoms with Gasteiger partial charge in [-0.3, -0.25) is 0 Å². The van der Waals surface area contributed by atoms with Crippen LogP contribution in [0.15, 0.2) is 33.4 Å². The Morgan fingerprint density at radius 1 is 1.50 bits per heavy atom. The Bertz CT molecular complexity index is 669. The molecule has 9 heteroatoms. The van der Waals surface area contributed by atoms with Crippen molar-refractivity contribution in [2.75, 3.05) is 0 Å². The fourth-order valence-electron chi connectivity index (χ4n) is 1.73. The summed E-state index contributed by atoms with van der Waals surface area (Å²) in [6.07, 6.45) is 2.23. The smallest absolute Gasteiger partial charge is 0.214 e. The van der Waals surface area contributed by atoms with Crippen LogP contribution in [0.3, 0.4) is 0 Å². The predicted molar refractivity (Wildman–Crippen MR) is 74.2 cm³/mol. The Labute approximate surface area is 123 Å². The first-order chi connectivity index (χ1) is 9.69. The molecule has 0 amide bonds. The maximum atomic E-state index is 8.66. The highest BCUT2D eigenvalue weighted by Gasteiger charge is 2.28. The standard InChI is InChI=1S/C11H11ClN6OS/c12-9-5-7(3-4-8(9)10(13)15-19)20-11-14-16-17-18(11)6-1-2-6/h3-6,19H,1-2H2,(H2,13,15). The topological polar surface area (TPSA) is 102 Å². The van der Waals surface area contributed by atoms with E-state index in [0.29, 0.717) is 16.6 Å². The highest BCUT2D eigenvalue weighted by Crippen LogP contribution is 2.38. The Morgan fingerprint density at radius 2 is 2.30 bits per heavy atom. The number of halogens is 1. The third kappa shape index (κ3) is 2.56. The summed E-state index contributed by atoms with van der Waals surface area (Å²) in [6.45, 7) is 0. The number of oxime groups is 1. The van der Waals surface area contributed by atoms with E-state index >= 15 is 0 Å². The number of aromatic nitrogens is 4. The quantitative estimate of drug-likeness (QED) is 0.387. The van der Waals surface area contributed by atoms with Gasteiger partial charge in [-0.1, -0.05) is 16.8 Å². The summed E-state index contributed by atoms with van der Waals surface area (Å²) < 4.78 is 1.83. The molecule has 3 N–H and O–H groups in total. The Hall–Kier alpha value is -1.80. The van der Waals surface area contributed by atoms with Crippen LogP contribution in [0.5, 0.6) is 0 Å². The summed E-state index contributed by atoms with van der Waals surface area (Å²) in [5, 5.41) is 24.4. The molecule has 1 aromatic carbocycles. The van der Waals surface area contributed by atoms with Gasteiger partial charge in [0.1, 0.15) is 0 Å². The first-order valence-corrected chi connectivity index (χ1v) is 7.11. The van der Waals surface area contributed by atoms with Crippen molar-refractivity contribution in [3.63, 3.8) is 0 Å². The van der Waals surface area contributed by atoms with E-state index in [2.05, 4.69) is 20.7 Å². The van der Waals surface area contributed by atoms with Gasteiger partial charge in [0.2, 0.25) is 5.16 Å². The summed E-state index contributed by atoms with van der Waals surface area (Å²) in [6, 6.07) is 5.69. The van der Waals surface area contributed by atoms with Crippen LogP contribution in [-0.4, -0.2) is 31.3 Å².